The van der Waals surface area contributed by atoms with Crippen molar-refractivity contribution in [2.45, 2.75) is 50.5 Å². The second-order valence-corrected chi connectivity index (χ2v) is 9.16. The van der Waals surface area contributed by atoms with Crippen LogP contribution in [-0.4, -0.2) is 49.1 Å². The molecule has 0 unspecified atom stereocenters. The standard InChI is InChI=1S/C25H24N4O5/c1-28-23(30)9-15(12-26-28)14-2-5-20-16(8-14)13-33-24-21(20)6-7-22(27-24)34-19-10-17-3-4-18(11-19)29(17)25(31)32/h2,5-9,12,17-19H,3-4,10-11,13H2,1H3,(H,31,32)/t17-,18+,19-. The van der Waals surface area contributed by atoms with E-state index in [1.165, 1.54) is 4.68 Å². The van der Waals surface area contributed by atoms with Gasteiger partial charge in [0.1, 0.15) is 12.7 Å². The van der Waals surface area contributed by atoms with Crippen molar-refractivity contribution in [3.63, 3.8) is 0 Å². The quantitative estimate of drug-likeness (QED) is 0.638. The number of benzene rings is 1. The maximum Gasteiger partial charge on any atom is 0.407 e. The minimum atomic E-state index is -0.834. The van der Waals surface area contributed by atoms with Crippen LogP contribution in [0.5, 0.6) is 11.8 Å². The molecule has 9 heteroatoms. The van der Waals surface area contributed by atoms with Crippen molar-refractivity contribution in [2.24, 2.45) is 7.05 Å². The molecule has 0 saturated carbocycles. The summed E-state index contributed by atoms with van der Waals surface area (Å²) in [6, 6.07) is 11.4. The Balaban J connectivity index is 1.22. The smallest absolute Gasteiger partial charge is 0.407 e. The highest BCUT2D eigenvalue weighted by molar-refractivity contribution is 5.77. The highest BCUT2D eigenvalue weighted by Crippen LogP contribution is 2.40. The molecule has 0 spiro atoms. The largest absolute Gasteiger partial charge is 0.474 e. The number of carboxylic acid groups (broad SMARTS) is 1. The first-order valence-corrected chi connectivity index (χ1v) is 11.4. The molecule has 34 heavy (non-hydrogen) atoms. The molecule has 2 bridgehead atoms. The van der Waals surface area contributed by atoms with E-state index in [-0.39, 0.29) is 23.7 Å². The van der Waals surface area contributed by atoms with E-state index in [2.05, 4.69) is 10.1 Å². The van der Waals surface area contributed by atoms with Crippen molar-refractivity contribution in [3.05, 3.63) is 58.5 Å². The van der Waals surface area contributed by atoms with Gasteiger partial charge in [-0.3, -0.25) is 4.79 Å². The first-order chi connectivity index (χ1) is 16.5. The van der Waals surface area contributed by atoms with Gasteiger partial charge in [0.2, 0.25) is 11.8 Å². The SMILES string of the molecule is Cn1ncc(-c2ccc3c(c2)COc2nc(O[C@@H]4C[C@H]5CC[C@@H](C4)N5C(=O)O)ccc2-3)cc1=O. The van der Waals surface area contributed by atoms with Crippen molar-refractivity contribution < 1.29 is 19.4 Å². The fourth-order valence-electron chi connectivity index (χ4n) is 5.44. The normalized spacial score (nSPS) is 22.5. The van der Waals surface area contributed by atoms with Crippen LogP contribution in [0.4, 0.5) is 4.79 Å². The number of rotatable bonds is 3. The number of pyridine rings is 1. The maximum absolute atomic E-state index is 12.0. The topological polar surface area (TPSA) is 107 Å². The lowest BCUT2D eigenvalue weighted by atomic mass is 9.95. The molecule has 174 valence electrons. The van der Waals surface area contributed by atoms with Gasteiger partial charge >= 0.3 is 6.09 Å². The Labute approximate surface area is 195 Å². The number of hydrogen-bond donors (Lipinski definition) is 1. The molecule has 0 aliphatic carbocycles. The van der Waals surface area contributed by atoms with Crippen LogP contribution in [0, 0.1) is 0 Å². The van der Waals surface area contributed by atoms with E-state index in [4.69, 9.17) is 9.47 Å². The van der Waals surface area contributed by atoms with Crippen molar-refractivity contribution >= 4 is 6.09 Å². The van der Waals surface area contributed by atoms with E-state index in [1.54, 1.807) is 24.2 Å². The van der Waals surface area contributed by atoms with Gasteiger partial charge in [-0.2, -0.15) is 10.1 Å². The zero-order valence-corrected chi connectivity index (χ0v) is 18.7. The van der Waals surface area contributed by atoms with Gasteiger partial charge in [0.25, 0.3) is 5.56 Å². The predicted octanol–water partition coefficient (Wildman–Crippen LogP) is 3.45. The molecule has 3 aliphatic rings. The van der Waals surface area contributed by atoms with Crippen LogP contribution in [0.15, 0.2) is 47.4 Å². The molecule has 2 fully saturated rings. The third kappa shape index (κ3) is 3.48. The Morgan fingerprint density at radius 1 is 1.09 bits per heavy atom. The summed E-state index contributed by atoms with van der Waals surface area (Å²) < 4.78 is 13.4. The molecule has 2 saturated heterocycles. The predicted molar refractivity (Wildman–Crippen MR) is 123 cm³/mol. The van der Waals surface area contributed by atoms with Gasteiger partial charge < -0.3 is 19.5 Å². The monoisotopic (exact) mass is 460 g/mol. The van der Waals surface area contributed by atoms with E-state index in [0.717, 1.165) is 40.7 Å². The lowest BCUT2D eigenvalue weighted by molar-refractivity contribution is 0.0474. The number of carbonyl (C=O) groups is 1. The zero-order valence-electron chi connectivity index (χ0n) is 18.7. The molecule has 9 nitrogen and oxygen atoms in total. The summed E-state index contributed by atoms with van der Waals surface area (Å²) in [6.07, 6.45) is 3.95. The second-order valence-electron chi connectivity index (χ2n) is 9.16. The fourth-order valence-corrected chi connectivity index (χ4v) is 5.44. The highest BCUT2D eigenvalue weighted by Gasteiger charge is 2.44. The number of piperidine rings is 1. The third-order valence-corrected chi connectivity index (χ3v) is 7.09. The Bertz CT molecular complexity index is 1340. The molecule has 1 aromatic carbocycles. The number of aryl methyl sites for hydroxylation is 1. The minimum absolute atomic E-state index is 0.0243. The number of fused-ring (bicyclic) bond motifs is 5. The Kier molecular flexibility index (Phi) is 4.79. The Morgan fingerprint density at radius 2 is 1.85 bits per heavy atom. The average molecular weight is 460 g/mol. The fraction of sp³-hybridized carbons (Fsp3) is 0.360. The summed E-state index contributed by atoms with van der Waals surface area (Å²) >= 11 is 0. The Hall–Kier alpha value is -3.88. The summed E-state index contributed by atoms with van der Waals surface area (Å²) in [5.41, 5.74) is 4.46. The van der Waals surface area contributed by atoms with Gasteiger partial charge in [-0.15, -0.1) is 0 Å². The second kappa shape index (κ2) is 7.86. The number of hydrogen-bond acceptors (Lipinski definition) is 6. The summed E-state index contributed by atoms with van der Waals surface area (Å²) in [6.45, 7) is 0.367. The van der Waals surface area contributed by atoms with Crippen LogP contribution in [0.1, 0.15) is 31.2 Å². The van der Waals surface area contributed by atoms with Crippen molar-refractivity contribution in [1.82, 2.24) is 19.7 Å². The number of amides is 1. The van der Waals surface area contributed by atoms with E-state index in [0.29, 0.717) is 31.2 Å². The maximum atomic E-state index is 12.0. The molecule has 1 N–H and O–H groups in total. The third-order valence-electron chi connectivity index (χ3n) is 7.09. The lowest BCUT2D eigenvalue weighted by Gasteiger charge is -2.36. The van der Waals surface area contributed by atoms with Crippen LogP contribution in [0.2, 0.25) is 0 Å². The van der Waals surface area contributed by atoms with Crippen LogP contribution < -0.4 is 15.0 Å². The van der Waals surface area contributed by atoms with Gasteiger partial charge in [0, 0.05) is 55.2 Å². The van der Waals surface area contributed by atoms with E-state index >= 15 is 0 Å². The number of nitrogens with zero attached hydrogens (tertiary/aromatic N) is 4. The van der Waals surface area contributed by atoms with Crippen LogP contribution in [-0.2, 0) is 13.7 Å². The zero-order chi connectivity index (χ0) is 23.4. The van der Waals surface area contributed by atoms with Gasteiger partial charge in [-0.05, 0) is 41.7 Å². The molecular formula is C25H24N4O5. The summed E-state index contributed by atoms with van der Waals surface area (Å²) in [5.74, 6) is 1.03. The number of aromatic nitrogens is 3. The van der Waals surface area contributed by atoms with Crippen LogP contribution >= 0.6 is 0 Å². The minimum Gasteiger partial charge on any atom is -0.474 e. The molecule has 2 aromatic heterocycles. The van der Waals surface area contributed by atoms with Gasteiger partial charge in [-0.25, -0.2) is 9.48 Å². The number of ether oxygens (including phenoxy) is 2. The molecule has 1 amide bonds. The Morgan fingerprint density at radius 3 is 2.59 bits per heavy atom. The van der Waals surface area contributed by atoms with Crippen LogP contribution in [0.3, 0.4) is 0 Å². The molecule has 0 radical (unpaired) electrons. The highest BCUT2D eigenvalue weighted by atomic mass is 16.5. The molecule has 6 rings (SSSR count). The lowest BCUT2D eigenvalue weighted by Crippen LogP contribution is -2.48. The first-order valence-electron chi connectivity index (χ1n) is 11.4. The average Bonchev–Trinajstić information content (AvgIpc) is 3.11. The van der Waals surface area contributed by atoms with E-state index in [9.17, 15) is 14.7 Å². The molecule has 3 aromatic rings. The van der Waals surface area contributed by atoms with Gasteiger partial charge in [0.05, 0.1) is 6.20 Å². The van der Waals surface area contributed by atoms with Crippen LogP contribution in [0.25, 0.3) is 22.3 Å². The van der Waals surface area contributed by atoms with Gasteiger partial charge in [0.15, 0.2) is 0 Å². The first kappa shape index (κ1) is 20.7. The summed E-state index contributed by atoms with van der Waals surface area (Å²) in [7, 11) is 1.62. The molecule has 3 aliphatic heterocycles. The van der Waals surface area contributed by atoms with E-state index in [1.807, 2.05) is 30.3 Å². The van der Waals surface area contributed by atoms with Crippen molar-refractivity contribution in [3.8, 4) is 34.0 Å². The molecule has 5 heterocycles. The summed E-state index contributed by atoms with van der Waals surface area (Å²) in [5, 5.41) is 13.6. The van der Waals surface area contributed by atoms with E-state index < -0.39 is 6.09 Å². The van der Waals surface area contributed by atoms with Crippen molar-refractivity contribution in [1.29, 1.82) is 0 Å². The molecular weight excluding hydrogens is 436 g/mol. The molecule has 3 atom stereocenters. The summed E-state index contributed by atoms with van der Waals surface area (Å²) in [4.78, 5) is 29.7. The van der Waals surface area contributed by atoms with Crippen molar-refractivity contribution in [2.75, 3.05) is 0 Å². The van der Waals surface area contributed by atoms with Gasteiger partial charge in [-0.1, -0.05) is 12.1 Å².